The van der Waals surface area contributed by atoms with Crippen LogP contribution < -0.4 is 10.2 Å². The summed E-state index contributed by atoms with van der Waals surface area (Å²) in [6.07, 6.45) is 2.08. The number of hydrogen-bond acceptors (Lipinski definition) is 4. The number of nitrogens with zero attached hydrogens (tertiary/aromatic N) is 1. The van der Waals surface area contributed by atoms with Crippen molar-refractivity contribution < 1.29 is 18.3 Å². The van der Waals surface area contributed by atoms with Gasteiger partial charge in [-0.2, -0.15) is 5.10 Å². The van der Waals surface area contributed by atoms with E-state index in [1.54, 1.807) is 19.1 Å². The molecule has 1 aromatic carbocycles. The number of ether oxygens (including phenoxy) is 1. The zero-order chi connectivity index (χ0) is 21.8. The van der Waals surface area contributed by atoms with Crippen LogP contribution in [0.4, 0.5) is 4.39 Å². The molecule has 2 rings (SSSR count). The van der Waals surface area contributed by atoms with E-state index >= 15 is 0 Å². The Bertz CT molecular complexity index is 772. The number of unbranched alkanes of at least 4 members (excludes halogenated alkanes) is 1. The van der Waals surface area contributed by atoms with Crippen LogP contribution in [0, 0.1) is 18.7 Å². The van der Waals surface area contributed by atoms with Gasteiger partial charge < -0.3 is 9.16 Å². The van der Waals surface area contributed by atoms with E-state index in [1.165, 1.54) is 0 Å². The fourth-order valence-electron chi connectivity index (χ4n) is 2.93. The van der Waals surface area contributed by atoms with Crippen molar-refractivity contribution in [1.29, 1.82) is 0 Å². The van der Waals surface area contributed by atoms with Crippen LogP contribution in [-0.2, 0) is 9.22 Å². The lowest BCUT2D eigenvalue weighted by atomic mass is 9.92. The van der Waals surface area contributed by atoms with Gasteiger partial charge in [-0.05, 0) is 50.0 Å². The zero-order valence-corrected chi connectivity index (χ0v) is 19.8. The molecule has 1 aliphatic heterocycles. The molecule has 0 aliphatic carbocycles. The third-order valence-electron chi connectivity index (χ3n) is 5.94. The van der Waals surface area contributed by atoms with Crippen molar-refractivity contribution in [3.8, 4) is 5.75 Å². The number of hydrogen-bond donors (Lipinski definition) is 1. The lowest BCUT2D eigenvalue weighted by Gasteiger charge is -2.36. The van der Waals surface area contributed by atoms with Crippen molar-refractivity contribution in [1.82, 2.24) is 5.43 Å². The summed E-state index contributed by atoms with van der Waals surface area (Å²) in [5.41, 5.74) is 3.89. The molecule has 0 saturated heterocycles. The molecule has 7 heteroatoms. The number of rotatable bonds is 8. The van der Waals surface area contributed by atoms with Crippen LogP contribution in [0.25, 0.3) is 0 Å². The number of halogens is 1. The first-order chi connectivity index (χ1) is 13.4. The van der Waals surface area contributed by atoms with Crippen LogP contribution >= 0.6 is 0 Å². The minimum atomic E-state index is -1.71. The minimum Gasteiger partial charge on any atom is -0.493 e. The van der Waals surface area contributed by atoms with Crippen molar-refractivity contribution in [2.75, 3.05) is 13.2 Å². The molecule has 1 heterocycles. The van der Waals surface area contributed by atoms with E-state index in [1.807, 2.05) is 6.92 Å². The molecular formula is C22H35FN2O3Si. The number of benzene rings is 1. The van der Waals surface area contributed by atoms with Crippen LogP contribution in [0.3, 0.4) is 0 Å². The van der Waals surface area contributed by atoms with Gasteiger partial charge in [0.25, 0.3) is 0 Å². The van der Waals surface area contributed by atoms with E-state index in [-0.39, 0.29) is 22.7 Å². The van der Waals surface area contributed by atoms with Gasteiger partial charge in [-0.1, -0.05) is 27.7 Å². The van der Waals surface area contributed by atoms with Crippen LogP contribution in [0.5, 0.6) is 5.75 Å². The second-order valence-corrected chi connectivity index (χ2v) is 14.2. The maximum absolute atomic E-state index is 14.9. The van der Waals surface area contributed by atoms with Crippen LogP contribution in [0.1, 0.15) is 58.1 Å². The van der Waals surface area contributed by atoms with Crippen molar-refractivity contribution in [3.05, 3.63) is 29.1 Å². The van der Waals surface area contributed by atoms with Crippen molar-refractivity contribution in [2.45, 2.75) is 72.0 Å². The van der Waals surface area contributed by atoms with E-state index < -0.39 is 8.32 Å². The predicted octanol–water partition coefficient (Wildman–Crippen LogP) is 5.18. The number of amides is 1. The summed E-state index contributed by atoms with van der Waals surface area (Å²) in [7, 11) is -1.71. The van der Waals surface area contributed by atoms with Crippen molar-refractivity contribution in [2.24, 2.45) is 11.0 Å². The highest BCUT2D eigenvalue weighted by Gasteiger charge is 2.36. The van der Waals surface area contributed by atoms with Crippen molar-refractivity contribution in [3.63, 3.8) is 0 Å². The molecule has 1 N–H and O–H groups in total. The van der Waals surface area contributed by atoms with Gasteiger partial charge in [-0.3, -0.25) is 4.79 Å². The molecule has 1 atom stereocenters. The molecule has 0 saturated carbocycles. The van der Waals surface area contributed by atoms with Gasteiger partial charge >= 0.3 is 0 Å². The Labute approximate surface area is 175 Å². The highest BCUT2D eigenvalue weighted by molar-refractivity contribution is 6.74. The van der Waals surface area contributed by atoms with Gasteiger partial charge in [-0.15, -0.1) is 0 Å². The maximum atomic E-state index is 14.9. The SMILES string of the molecule is Cc1c(OCCCCO[Si](C)(C)C(C)(C)C)ccc(C2=NNC(=O)CC2C)c1F. The number of carbonyl (C=O) groups excluding carboxylic acids is 1. The second-order valence-electron chi connectivity index (χ2n) is 9.35. The summed E-state index contributed by atoms with van der Waals surface area (Å²) >= 11 is 0. The summed E-state index contributed by atoms with van der Waals surface area (Å²) in [6.45, 7) is 16.0. The highest BCUT2D eigenvalue weighted by Crippen LogP contribution is 2.36. The number of nitrogens with one attached hydrogen (secondary N) is 1. The average Bonchev–Trinajstić information content (AvgIpc) is 2.61. The molecule has 5 nitrogen and oxygen atoms in total. The van der Waals surface area contributed by atoms with E-state index in [2.05, 4.69) is 44.4 Å². The van der Waals surface area contributed by atoms with Crippen LogP contribution in [0.2, 0.25) is 18.1 Å². The monoisotopic (exact) mass is 422 g/mol. The third kappa shape index (κ3) is 5.89. The molecule has 0 aromatic heterocycles. The van der Waals surface area contributed by atoms with Gasteiger partial charge in [0.1, 0.15) is 11.6 Å². The quantitative estimate of drug-likeness (QED) is 0.464. The van der Waals surface area contributed by atoms with Gasteiger partial charge in [0.2, 0.25) is 5.91 Å². The van der Waals surface area contributed by atoms with Gasteiger partial charge in [-0.25, -0.2) is 9.82 Å². The van der Waals surface area contributed by atoms with E-state index in [0.717, 1.165) is 19.4 Å². The predicted molar refractivity (Wildman–Crippen MR) is 117 cm³/mol. The first kappa shape index (κ1) is 23.5. The van der Waals surface area contributed by atoms with Gasteiger partial charge in [0, 0.05) is 30.1 Å². The normalized spacial score (nSPS) is 17.7. The number of hydrazone groups is 1. The Morgan fingerprint density at radius 2 is 1.90 bits per heavy atom. The lowest BCUT2D eigenvalue weighted by Crippen LogP contribution is -2.41. The topological polar surface area (TPSA) is 59.9 Å². The van der Waals surface area contributed by atoms with Crippen LogP contribution in [0.15, 0.2) is 17.2 Å². The minimum absolute atomic E-state index is 0.120. The molecule has 0 fully saturated rings. The summed E-state index contributed by atoms with van der Waals surface area (Å²) < 4.78 is 26.9. The van der Waals surface area contributed by atoms with Crippen molar-refractivity contribution >= 4 is 19.9 Å². The average molecular weight is 423 g/mol. The largest absolute Gasteiger partial charge is 0.493 e. The summed E-state index contributed by atoms with van der Waals surface area (Å²) in [5.74, 6) is -0.0589. The molecule has 1 amide bonds. The van der Waals surface area contributed by atoms with E-state index in [0.29, 0.717) is 35.6 Å². The fourth-order valence-corrected chi connectivity index (χ4v) is 4.02. The fraction of sp³-hybridized carbons (Fsp3) is 0.636. The Morgan fingerprint density at radius 1 is 1.24 bits per heavy atom. The molecule has 0 radical (unpaired) electrons. The standard InChI is InChI=1S/C22H35FN2O3Si/c1-15-14-19(26)24-25-21(15)17-10-11-18(16(2)20(17)23)27-12-8-9-13-28-29(6,7)22(3,4)5/h10-11,15H,8-9,12-14H2,1-7H3,(H,24,26). The maximum Gasteiger partial charge on any atom is 0.240 e. The highest BCUT2D eigenvalue weighted by atomic mass is 28.4. The zero-order valence-electron chi connectivity index (χ0n) is 18.8. The van der Waals surface area contributed by atoms with Gasteiger partial charge in [0.15, 0.2) is 8.32 Å². The number of carbonyl (C=O) groups is 1. The Kier molecular flexibility index (Phi) is 7.62. The van der Waals surface area contributed by atoms with Gasteiger partial charge in [0.05, 0.1) is 12.3 Å². The summed E-state index contributed by atoms with van der Waals surface area (Å²) in [4.78, 5) is 11.4. The first-order valence-corrected chi connectivity index (χ1v) is 13.3. The molecular weight excluding hydrogens is 387 g/mol. The Morgan fingerprint density at radius 3 is 2.52 bits per heavy atom. The summed E-state index contributed by atoms with van der Waals surface area (Å²) in [6, 6.07) is 3.47. The van der Waals surface area contributed by atoms with E-state index in [9.17, 15) is 9.18 Å². The molecule has 162 valence electrons. The first-order valence-electron chi connectivity index (χ1n) is 10.4. The summed E-state index contributed by atoms with van der Waals surface area (Å²) in [5, 5.41) is 4.26. The molecule has 1 aliphatic rings. The smallest absolute Gasteiger partial charge is 0.240 e. The van der Waals surface area contributed by atoms with Crippen LogP contribution in [-0.4, -0.2) is 33.2 Å². The molecule has 1 aromatic rings. The molecule has 0 spiro atoms. The molecule has 0 bridgehead atoms. The molecule has 29 heavy (non-hydrogen) atoms. The third-order valence-corrected chi connectivity index (χ3v) is 10.5. The van der Waals surface area contributed by atoms with E-state index in [4.69, 9.17) is 9.16 Å². The lowest BCUT2D eigenvalue weighted by molar-refractivity contribution is -0.121. The molecule has 1 unspecified atom stereocenters. The Hall–Kier alpha value is -1.73. The Balaban J connectivity index is 1.88. The second kappa shape index (κ2) is 9.39.